The van der Waals surface area contributed by atoms with Crippen LogP contribution in [0.4, 0.5) is 10.1 Å². The molecule has 6 heteroatoms. The van der Waals surface area contributed by atoms with Gasteiger partial charge >= 0.3 is 0 Å². The smallest absolute Gasteiger partial charge is 0.133 e. The van der Waals surface area contributed by atoms with E-state index in [1.54, 1.807) is 5.41 Å². The molecule has 1 aromatic carbocycles. The van der Waals surface area contributed by atoms with E-state index in [1.807, 2.05) is 30.1 Å². The Morgan fingerprint density at radius 3 is 3.09 bits per heavy atom. The maximum absolute atomic E-state index is 14.2. The van der Waals surface area contributed by atoms with Crippen LogP contribution in [0.3, 0.4) is 0 Å². The Morgan fingerprint density at radius 2 is 2.36 bits per heavy atom. The van der Waals surface area contributed by atoms with Crippen molar-refractivity contribution in [3.63, 3.8) is 0 Å². The average Bonchev–Trinajstić information content (AvgIpc) is 2.80. The number of piperidine rings is 1. The summed E-state index contributed by atoms with van der Waals surface area (Å²) in [5.74, 6) is 0. The molecule has 3 atom stereocenters. The number of hydrogen-bond acceptors (Lipinski definition) is 4. The van der Waals surface area contributed by atoms with E-state index in [4.69, 9.17) is 5.26 Å². The minimum Gasteiger partial charge on any atom is -0.378 e. The first-order valence-electron chi connectivity index (χ1n) is 7.31. The summed E-state index contributed by atoms with van der Waals surface area (Å²) in [5, 5.41) is 13.7. The molecule has 0 saturated carbocycles. The summed E-state index contributed by atoms with van der Waals surface area (Å²) in [5.41, 5.74) is 2.35. The third kappa shape index (κ3) is 2.79. The Morgan fingerprint density at radius 1 is 1.55 bits per heavy atom. The lowest BCUT2D eigenvalue weighted by Crippen LogP contribution is -2.46. The molecule has 2 heterocycles. The summed E-state index contributed by atoms with van der Waals surface area (Å²) in [7, 11) is 0.641. The highest BCUT2D eigenvalue weighted by Crippen LogP contribution is 2.38. The van der Waals surface area contributed by atoms with Crippen molar-refractivity contribution in [2.24, 2.45) is 0 Å². The molecule has 4 nitrogen and oxygen atoms in total. The third-order valence-electron chi connectivity index (χ3n) is 4.17. The van der Waals surface area contributed by atoms with Gasteiger partial charge in [0.25, 0.3) is 0 Å². The topological polar surface area (TPSA) is 56.1 Å². The summed E-state index contributed by atoms with van der Waals surface area (Å²) >= 11 is 0. The number of halogens is 1. The second-order valence-corrected chi connectivity index (χ2v) is 7.01. The highest BCUT2D eigenvalue weighted by atomic mass is 32.2. The zero-order chi connectivity index (χ0) is 15.7. The van der Waals surface area contributed by atoms with E-state index < -0.39 is 17.0 Å². The molecule has 2 aliphatic rings. The molecule has 0 aliphatic carbocycles. The molecule has 1 saturated heterocycles. The molecule has 0 radical (unpaired) electrons. The van der Waals surface area contributed by atoms with Crippen LogP contribution >= 0.6 is 0 Å². The number of allylic oxidation sites excluding steroid dienone is 1. The predicted octanol–water partition coefficient (Wildman–Crippen LogP) is 2.52. The Balaban J connectivity index is 1.86. The van der Waals surface area contributed by atoms with E-state index in [1.165, 1.54) is 0 Å². The van der Waals surface area contributed by atoms with Crippen molar-refractivity contribution in [3.8, 4) is 6.07 Å². The number of nitrogens with one attached hydrogen (secondary N) is 1. The number of fused-ring (bicyclic) bond motifs is 1. The molecule has 0 amide bonds. The fraction of sp³-hybridized carbons (Fsp3) is 0.438. The van der Waals surface area contributed by atoms with Gasteiger partial charge in [-0.3, -0.25) is 0 Å². The van der Waals surface area contributed by atoms with Crippen molar-refractivity contribution in [1.82, 2.24) is 4.90 Å². The van der Waals surface area contributed by atoms with Crippen molar-refractivity contribution >= 4 is 22.1 Å². The Kier molecular flexibility index (Phi) is 4.27. The van der Waals surface area contributed by atoms with Crippen LogP contribution in [0.1, 0.15) is 18.4 Å². The van der Waals surface area contributed by atoms with Crippen LogP contribution in [0.25, 0.3) is 5.57 Å². The van der Waals surface area contributed by atoms with Gasteiger partial charge < -0.3 is 10.2 Å². The van der Waals surface area contributed by atoms with Crippen molar-refractivity contribution in [2.45, 2.75) is 30.0 Å². The maximum Gasteiger partial charge on any atom is 0.133 e. The summed E-state index contributed by atoms with van der Waals surface area (Å²) < 4.78 is 26.5. The van der Waals surface area contributed by atoms with Gasteiger partial charge in [-0.2, -0.15) is 5.26 Å². The summed E-state index contributed by atoms with van der Waals surface area (Å²) in [6, 6.07) is 7.40. The zero-order valence-corrected chi connectivity index (χ0v) is 13.2. The van der Waals surface area contributed by atoms with Crippen molar-refractivity contribution in [2.75, 3.05) is 25.5 Å². The maximum atomic E-state index is 14.2. The van der Waals surface area contributed by atoms with Crippen LogP contribution in [0.15, 0.2) is 28.5 Å². The molecule has 116 valence electrons. The van der Waals surface area contributed by atoms with Crippen molar-refractivity contribution < 1.29 is 8.60 Å². The molecule has 0 aromatic heterocycles. The Hall–Kier alpha value is -1.71. The van der Waals surface area contributed by atoms with E-state index in [2.05, 4.69) is 11.4 Å². The fourth-order valence-corrected chi connectivity index (χ4v) is 4.36. The van der Waals surface area contributed by atoms with Gasteiger partial charge in [-0.05, 0) is 30.7 Å². The number of anilines is 1. The quantitative estimate of drug-likeness (QED) is 0.930. The fourth-order valence-electron chi connectivity index (χ4n) is 3.01. The van der Waals surface area contributed by atoms with Crippen LogP contribution in [-0.4, -0.2) is 41.5 Å². The molecule has 1 unspecified atom stereocenters. The first-order valence-corrected chi connectivity index (χ1v) is 8.52. The second-order valence-electron chi connectivity index (χ2n) is 5.78. The van der Waals surface area contributed by atoms with E-state index in [9.17, 15) is 8.60 Å². The van der Waals surface area contributed by atoms with Crippen LogP contribution in [0.5, 0.6) is 0 Å². The largest absolute Gasteiger partial charge is 0.378 e. The van der Waals surface area contributed by atoms with Crippen LogP contribution in [0.2, 0.25) is 0 Å². The lowest BCUT2D eigenvalue weighted by molar-refractivity contribution is 0.149. The zero-order valence-electron chi connectivity index (χ0n) is 12.4. The number of benzene rings is 1. The number of likely N-dealkylation sites (tertiary alicyclic amines) is 1. The number of nitriles is 1. The SMILES string of the molecule is CN1CC[C@H](Nc2cccc3c2S(=O)C=C3CC#N)[C@@H](F)C1. The van der Waals surface area contributed by atoms with Gasteiger partial charge in [-0.25, -0.2) is 8.60 Å². The van der Waals surface area contributed by atoms with E-state index in [-0.39, 0.29) is 12.5 Å². The minimum absolute atomic E-state index is 0.238. The lowest BCUT2D eigenvalue weighted by Gasteiger charge is -2.33. The minimum atomic E-state index is -1.27. The number of alkyl halides is 1. The average molecular weight is 319 g/mol. The first-order chi connectivity index (χ1) is 10.6. The Bertz CT molecular complexity index is 682. The summed E-state index contributed by atoms with van der Waals surface area (Å²) in [6.07, 6.45) is 0.00482. The first kappa shape index (κ1) is 15.2. The van der Waals surface area contributed by atoms with Crippen LogP contribution in [-0.2, 0) is 10.8 Å². The molecule has 1 fully saturated rings. The Labute approximate surface area is 132 Å². The molecular formula is C16H18FN3OS. The summed E-state index contributed by atoms with van der Waals surface area (Å²) in [4.78, 5) is 2.65. The molecule has 22 heavy (non-hydrogen) atoms. The van der Waals surface area contributed by atoms with Crippen molar-refractivity contribution in [3.05, 3.63) is 29.2 Å². The third-order valence-corrected chi connectivity index (χ3v) is 5.51. The van der Waals surface area contributed by atoms with Gasteiger partial charge in [-0.15, -0.1) is 0 Å². The predicted molar refractivity (Wildman–Crippen MR) is 85.5 cm³/mol. The normalized spacial score (nSPS) is 27.9. The standard InChI is InChI=1S/C16H18FN3OS/c1-20-8-6-14(13(17)9-20)19-15-4-2-3-12-11(5-7-18)10-22(21)16(12)15/h2-4,10,13-14,19H,5-6,8-9H2,1H3/t13-,14-,22?/m0/s1. The second kappa shape index (κ2) is 6.19. The molecule has 1 aromatic rings. The van der Waals surface area contributed by atoms with E-state index >= 15 is 0 Å². The van der Waals surface area contributed by atoms with Gasteiger partial charge in [0.05, 0.1) is 39.9 Å². The monoisotopic (exact) mass is 319 g/mol. The van der Waals surface area contributed by atoms with Crippen LogP contribution < -0.4 is 5.32 Å². The van der Waals surface area contributed by atoms with Gasteiger partial charge in [0.2, 0.25) is 0 Å². The molecule has 2 aliphatic heterocycles. The molecule has 3 rings (SSSR count). The van der Waals surface area contributed by atoms with Crippen molar-refractivity contribution in [1.29, 1.82) is 5.26 Å². The number of rotatable bonds is 3. The van der Waals surface area contributed by atoms with Gasteiger partial charge in [0, 0.05) is 18.5 Å². The molecule has 0 bridgehead atoms. The van der Waals surface area contributed by atoms with E-state index in [0.717, 1.165) is 23.4 Å². The highest BCUT2D eigenvalue weighted by molar-refractivity contribution is 7.88. The number of nitrogens with zero attached hydrogens (tertiary/aromatic N) is 2. The molecule has 1 N–H and O–H groups in total. The van der Waals surface area contributed by atoms with Gasteiger partial charge in [0.15, 0.2) is 0 Å². The lowest BCUT2D eigenvalue weighted by atomic mass is 10.0. The molecule has 0 spiro atoms. The highest BCUT2D eigenvalue weighted by Gasteiger charge is 2.30. The van der Waals surface area contributed by atoms with Gasteiger partial charge in [-0.1, -0.05) is 12.1 Å². The summed E-state index contributed by atoms with van der Waals surface area (Å²) in [6.45, 7) is 1.25. The number of hydrogen-bond donors (Lipinski definition) is 1. The van der Waals surface area contributed by atoms with Gasteiger partial charge in [0.1, 0.15) is 6.17 Å². The van der Waals surface area contributed by atoms with Crippen LogP contribution in [0, 0.1) is 11.3 Å². The molecular weight excluding hydrogens is 301 g/mol. The van der Waals surface area contributed by atoms with E-state index in [0.29, 0.717) is 17.9 Å².